The third kappa shape index (κ3) is 7.12. The molecular formula is C46H38N4O6P2. The van der Waals surface area contributed by atoms with Gasteiger partial charge in [-0.05, 0) is 110 Å². The van der Waals surface area contributed by atoms with Crippen molar-refractivity contribution in [2.45, 2.75) is 26.7 Å². The SMILES string of the molecule is Cc1ccc(-c2c3nc(c(-c4ccc(P(=O)(O)O)cc4)c4ccc([nH]4)c(-c4ccc(C)cc4)c4nc(c(-c5ccc(P(=O)(O)O)cc5)c5ccc2[nH]5)CC4)C=C3)cc1. The highest BCUT2D eigenvalue weighted by Gasteiger charge is 2.23. The summed E-state index contributed by atoms with van der Waals surface area (Å²) in [5.74, 6) is 0. The Bertz CT molecular complexity index is 3050. The summed E-state index contributed by atoms with van der Waals surface area (Å²) in [7, 11) is -8.93. The van der Waals surface area contributed by atoms with Crippen LogP contribution < -0.4 is 10.6 Å². The second kappa shape index (κ2) is 14.5. The van der Waals surface area contributed by atoms with E-state index in [1.54, 1.807) is 24.3 Å². The van der Waals surface area contributed by atoms with Gasteiger partial charge in [0, 0.05) is 44.3 Å². The average Bonchev–Trinajstić information content (AvgIpc) is 4.04. The molecule has 0 fully saturated rings. The lowest BCUT2D eigenvalue weighted by Crippen LogP contribution is -2.02. The fourth-order valence-electron chi connectivity index (χ4n) is 7.81. The Balaban J connectivity index is 1.43. The maximum Gasteiger partial charge on any atom is 0.356 e. The van der Waals surface area contributed by atoms with Gasteiger partial charge in [-0.3, -0.25) is 14.1 Å². The molecule has 288 valence electrons. The highest BCUT2D eigenvalue weighted by Crippen LogP contribution is 2.40. The number of benzene rings is 4. The first-order chi connectivity index (χ1) is 27.8. The Kier molecular flexibility index (Phi) is 9.37. The van der Waals surface area contributed by atoms with Gasteiger partial charge in [0.2, 0.25) is 0 Å². The molecule has 12 heteroatoms. The summed E-state index contributed by atoms with van der Waals surface area (Å²) < 4.78 is 24.3. The van der Waals surface area contributed by atoms with Crippen molar-refractivity contribution in [3.63, 3.8) is 0 Å². The summed E-state index contributed by atoms with van der Waals surface area (Å²) in [6.45, 7) is 4.08. The Morgan fingerprint density at radius 3 is 1.09 bits per heavy atom. The second-order valence-corrected chi connectivity index (χ2v) is 17.9. The number of aromatic amines is 2. The molecule has 58 heavy (non-hydrogen) atoms. The Hall–Kier alpha value is -5.96. The molecule has 2 aliphatic rings. The van der Waals surface area contributed by atoms with Crippen molar-refractivity contribution in [2.75, 3.05) is 0 Å². The largest absolute Gasteiger partial charge is 0.356 e. The van der Waals surface area contributed by atoms with Gasteiger partial charge < -0.3 is 29.5 Å². The fraction of sp³-hybridized carbons (Fsp3) is 0.0870. The van der Waals surface area contributed by atoms with E-state index in [4.69, 9.17) is 9.97 Å². The lowest BCUT2D eigenvalue weighted by Gasteiger charge is -2.09. The van der Waals surface area contributed by atoms with Crippen LogP contribution in [0.15, 0.2) is 121 Å². The van der Waals surface area contributed by atoms with Gasteiger partial charge in [0.1, 0.15) is 0 Å². The quantitative estimate of drug-likeness (QED) is 0.0904. The van der Waals surface area contributed by atoms with Gasteiger partial charge in [-0.1, -0.05) is 83.9 Å². The van der Waals surface area contributed by atoms with Gasteiger partial charge in [-0.15, -0.1) is 0 Å². The first kappa shape index (κ1) is 37.6. The summed E-state index contributed by atoms with van der Waals surface area (Å²) in [6.07, 6.45) is 5.20. The molecule has 4 aromatic carbocycles. The smallest absolute Gasteiger partial charge is 0.354 e. The predicted molar refractivity (Wildman–Crippen MR) is 232 cm³/mol. The first-order valence-corrected chi connectivity index (χ1v) is 22.0. The molecule has 0 atom stereocenters. The van der Waals surface area contributed by atoms with Crippen LogP contribution in [-0.2, 0) is 22.0 Å². The van der Waals surface area contributed by atoms with Crippen molar-refractivity contribution >= 4 is 60.0 Å². The molecule has 0 amide bonds. The highest BCUT2D eigenvalue weighted by molar-refractivity contribution is 7.60. The van der Waals surface area contributed by atoms with E-state index >= 15 is 0 Å². The van der Waals surface area contributed by atoms with Crippen LogP contribution >= 0.6 is 15.2 Å². The number of H-pyrrole nitrogens is 2. The van der Waals surface area contributed by atoms with Gasteiger partial charge in [0.25, 0.3) is 0 Å². The number of fused-ring (bicyclic) bond motifs is 8. The second-order valence-electron chi connectivity index (χ2n) is 14.7. The van der Waals surface area contributed by atoms with Crippen LogP contribution in [0.3, 0.4) is 0 Å². The van der Waals surface area contributed by atoms with Crippen LogP contribution in [0.4, 0.5) is 0 Å². The zero-order valence-corrected chi connectivity index (χ0v) is 33.3. The minimum atomic E-state index is -4.47. The molecule has 0 saturated carbocycles. The molecular weight excluding hydrogens is 766 g/mol. The van der Waals surface area contributed by atoms with Crippen LogP contribution in [-0.4, -0.2) is 39.5 Å². The summed E-state index contributed by atoms with van der Waals surface area (Å²) in [5, 5.41) is -0.126. The van der Waals surface area contributed by atoms with Crippen LogP contribution in [0.25, 0.3) is 78.7 Å². The maximum atomic E-state index is 12.2. The van der Waals surface area contributed by atoms with Crippen molar-refractivity contribution in [1.29, 1.82) is 0 Å². The van der Waals surface area contributed by atoms with E-state index in [0.717, 1.165) is 89.1 Å². The molecule has 2 aliphatic heterocycles. The molecule has 10 nitrogen and oxygen atoms in total. The molecule has 6 N–H and O–H groups in total. The summed E-state index contributed by atoms with van der Waals surface area (Å²) in [4.78, 5) is 57.7. The predicted octanol–water partition coefficient (Wildman–Crippen LogP) is 9.16. The van der Waals surface area contributed by atoms with E-state index in [9.17, 15) is 28.7 Å². The topological polar surface area (TPSA) is 172 Å². The maximum absolute atomic E-state index is 12.2. The van der Waals surface area contributed by atoms with E-state index in [-0.39, 0.29) is 10.6 Å². The average molecular weight is 805 g/mol. The normalized spacial score (nSPS) is 12.9. The van der Waals surface area contributed by atoms with E-state index in [2.05, 4.69) is 58.5 Å². The molecule has 0 radical (unpaired) electrons. The minimum Gasteiger partial charge on any atom is -0.354 e. The summed E-state index contributed by atoms with van der Waals surface area (Å²) in [5.41, 5.74) is 15.3. The Morgan fingerprint density at radius 1 is 0.431 bits per heavy atom. The molecule has 0 unspecified atom stereocenters. The number of hydrogen-bond acceptors (Lipinski definition) is 4. The number of aromatic nitrogens is 4. The molecule has 9 rings (SSSR count). The number of nitrogens with one attached hydrogen (secondary N) is 2. The van der Waals surface area contributed by atoms with Crippen molar-refractivity contribution < 1.29 is 28.7 Å². The van der Waals surface area contributed by atoms with E-state index in [1.807, 2.05) is 50.3 Å². The van der Waals surface area contributed by atoms with E-state index in [0.29, 0.717) is 24.2 Å². The standard InChI is InChI=1S/C46H38N4O6P2/c1-27-3-7-29(8-4-27)43-35-19-23-39(47-35)45(31-11-15-33(16-12-31)57(51,52)53)41-25-21-37(49-41)44(30-9-5-28(2)6-10-30)38-22-26-42(50-38)46(40-24-20-36(43)48-40)32-13-17-34(18-14-32)58(54,55)56/h3-21,23-25,48-49H,22,26H2,1-2H3,(H2,51,52,53)(H2,54,55,56). The molecule has 8 bridgehead atoms. The van der Waals surface area contributed by atoms with Gasteiger partial charge in [-0.2, -0.15) is 0 Å². The first-order valence-electron chi connectivity index (χ1n) is 18.7. The summed E-state index contributed by atoms with van der Waals surface area (Å²) in [6, 6.07) is 37.4. The zero-order chi connectivity index (χ0) is 40.3. The number of rotatable bonds is 6. The van der Waals surface area contributed by atoms with Crippen molar-refractivity contribution in [3.05, 3.63) is 155 Å². The molecule has 0 aliphatic carbocycles. The van der Waals surface area contributed by atoms with Gasteiger partial charge in [0.15, 0.2) is 0 Å². The van der Waals surface area contributed by atoms with Crippen LogP contribution in [0.5, 0.6) is 0 Å². The van der Waals surface area contributed by atoms with Gasteiger partial charge in [-0.25, -0.2) is 4.98 Å². The highest BCUT2D eigenvalue weighted by atomic mass is 31.2. The number of aryl methyl sites for hydroxylation is 4. The zero-order valence-electron chi connectivity index (χ0n) is 31.5. The van der Waals surface area contributed by atoms with Gasteiger partial charge >= 0.3 is 15.2 Å². The van der Waals surface area contributed by atoms with Crippen molar-refractivity contribution in [2.24, 2.45) is 0 Å². The minimum absolute atomic E-state index is 0.0580. The number of nitrogens with zero attached hydrogens (tertiary/aromatic N) is 2. The van der Waals surface area contributed by atoms with E-state index < -0.39 is 15.2 Å². The molecule has 7 aromatic rings. The monoisotopic (exact) mass is 804 g/mol. The Labute approximate surface area is 334 Å². The Morgan fingerprint density at radius 2 is 0.741 bits per heavy atom. The van der Waals surface area contributed by atoms with E-state index in [1.165, 1.54) is 24.3 Å². The molecule has 0 spiro atoms. The van der Waals surface area contributed by atoms with Crippen LogP contribution in [0, 0.1) is 13.8 Å². The van der Waals surface area contributed by atoms with Crippen LogP contribution in [0.2, 0.25) is 0 Å². The molecule has 5 heterocycles. The molecule has 0 saturated heterocycles. The van der Waals surface area contributed by atoms with Crippen molar-refractivity contribution in [3.8, 4) is 44.5 Å². The lowest BCUT2D eigenvalue weighted by atomic mass is 10.00. The van der Waals surface area contributed by atoms with Crippen LogP contribution in [0.1, 0.15) is 33.9 Å². The number of hydrogen-bond donors (Lipinski definition) is 6. The lowest BCUT2D eigenvalue weighted by molar-refractivity contribution is 0.385. The van der Waals surface area contributed by atoms with Crippen molar-refractivity contribution in [1.82, 2.24) is 19.9 Å². The third-order valence-corrected chi connectivity index (χ3v) is 12.7. The van der Waals surface area contributed by atoms with Gasteiger partial charge in [0.05, 0.1) is 33.4 Å². The molecule has 3 aromatic heterocycles. The summed E-state index contributed by atoms with van der Waals surface area (Å²) >= 11 is 0. The fourth-order valence-corrected chi connectivity index (χ4v) is 8.89. The third-order valence-electron chi connectivity index (χ3n) is 10.7.